The van der Waals surface area contributed by atoms with Crippen LogP contribution in [-0.4, -0.2) is 21.9 Å². The number of hydrogen-bond donors (Lipinski definition) is 2. The highest BCUT2D eigenvalue weighted by Gasteiger charge is 2.18. The van der Waals surface area contributed by atoms with Crippen molar-refractivity contribution >= 4 is 34.9 Å². The molecule has 0 aromatic heterocycles. The Morgan fingerprint density at radius 3 is 2.48 bits per heavy atom. The number of nitro benzene ring substituents is 1. The molecule has 1 amide bonds. The number of carboxylic acid groups (broad SMARTS) is 1. The number of carboxylic acids is 1. The summed E-state index contributed by atoms with van der Waals surface area (Å²) < 4.78 is 0. The normalized spacial score (nSPS) is 10.1. The van der Waals surface area contributed by atoms with Crippen molar-refractivity contribution in [3.8, 4) is 5.75 Å². The van der Waals surface area contributed by atoms with Crippen LogP contribution >= 0.6 is 11.6 Å². The fourth-order valence-electron chi connectivity index (χ4n) is 1.80. The van der Waals surface area contributed by atoms with Crippen molar-refractivity contribution in [1.29, 1.82) is 0 Å². The molecule has 0 fully saturated rings. The first-order valence-electron chi connectivity index (χ1n) is 6.09. The van der Waals surface area contributed by atoms with Crippen molar-refractivity contribution in [3.05, 3.63) is 62.7 Å². The minimum Gasteiger partial charge on any atom is -0.872 e. The van der Waals surface area contributed by atoms with Gasteiger partial charge >= 0.3 is 5.97 Å². The van der Waals surface area contributed by atoms with E-state index in [0.29, 0.717) is 0 Å². The van der Waals surface area contributed by atoms with Crippen LogP contribution in [0.4, 0.5) is 11.4 Å². The molecular formula is C14H8ClN2O6-. The van der Waals surface area contributed by atoms with Gasteiger partial charge in [0.1, 0.15) is 5.02 Å². The Labute approximate surface area is 134 Å². The lowest BCUT2D eigenvalue weighted by Gasteiger charge is -2.12. The summed E-state index contributed by atoms with van der Waals surface area (Å²) in [6, 6.07) is 6.52. The molecule has 0 saturated heterocycles. The first-order valence-corrected chi connectivity index (χ1v) is 6.47. The zero-order valence-corrected chi connectivity index (χ0v) is 12.0. The van der Waals surface area contributed by atoms with Crippen molar-refractivity contribution in [2.24, 2.45) is 0 Å². The van der Waals surface area contributed by atoms with Gasteiger partial charge < -0.3 is 15.5 Å². The second kappa shape index (κ2) is 6.32. The van der Waals surface area contributed by atoms with Gasteiger partial charge in [0.05, 0.1) is 16.2 Å². The van der Waals surface area contributed by atoms with Gasteiger partial charge in [0.15, 0.2) is 0 Å². The average Bonchev–Trinajstić information content (AvgIpc) is 2.48. The van der Waals surface area contributed by atoms with Gasteiger partial charge in [0.2, 0.25) is 0 Å². The molecule has 0 aliphatic heterocycles. The number of anilines is 1. The number of amides is 1. The van der Waals surface area contributed by atoms with Gasteiger partial charge in [-0.3, -0.25) is 14.9 Å². The SMILES string of the molecule is O=C(Nc1ccc([O-])cc1C(=O)O)c1ccc(Cl)c([N+](=O)[O-])c1. The molecule has 0 atom stereocenters. The fraction of sp³-hybridized carbons (Fsp3) is 0. The maximum absolute atomic E-state index is 12.1. The summed E-state index contributed by atoms with van der Waals surface area (Å²) in [6.07, 6.45) is 0. The van der Waals surface area contributed by atoms with E-state index in [1.165, 1.54) is 12.1 Å². The molecule has 8 nitrogen and oxygen atoms in total. The Morgan fingerprint density at radius 2 is 1.87 bits per heavy atom. The van der Waals surface area contributed by atoms with Crippen LogP contribution in [0.2, 0.25) is 5.02 Å². The fourth-order valence-corrected chi connectivity index (χ4v) is 1.98. The van der Waals surface area contributed by atoms with Crippen molar-refractivity contribution < 1.29 is 24.7 Å². The Balaban J connectivity index is 2.35. The van der Waals surface area contributed by atoms with Crippen LogP contribution in [0.5, 0.6) is 5.75 Å². The number of carbonyl (C=O) groups excluding carboxylic acids is 1. The molecule has 0 unspecified atom stereocenters. The molecule has 0 spiro atoms. The van der Waals surface area contributed by atoms with Crippen LogP contribution < -0.4 is 10.4 Å². The second-order valence-corrected chi connectivity index (χ2v) is 4.80. The van der Waals surface area contributed by atoms with E-state index in [0.717, 1.165) is 24.3 Å². The van der Waals surface area contributed by atoms with Crippen LogP contribution in [-0.2, 0) is 0 Å². The molecule has 0 aliphatic carbocycles. The number of carbonyl (C=O) groups is 2. The number of nitrogens with one attached hydrogen (secondary N) is 1. The Morgan fingerprint density at radius 1 is 1.17 bits per heavy atom. The third-order valence-corrected chi connectivity index (χ3v) is 3.19. The minimum absolute atomic E-state index is 0.0800. The monoisotopic (exact) mass is 335 g/mol. The molecule has 0 saturated carbocycles. The number of aromatic carboxylic acids is 1. The van der Waals surface area contributed by atoms with Crippen LogP contribution in [0.1, 0.15) is 20.7 Å². The number of nitrogens with zero attached hydrogens (tertiary/aromatic N) is 1. The average molecular weight is 336 g/mol. The number of halogens is 1. The molecule has 23 heavy (non-hydrogen) atoms. The summed E-state index contributed by atoms with van der Waals surface area (Å²) in [5, 5.41) is 33.2. The standard InChI is InChI=1S/C14H9ClN2O6/c15-10-3-1-7(5-12(10)17(22)23)13(19)16-11-4-2-8(18)6-9(11)14(20)21/h1-6,18H,(H,16,19)(H,20,21)/p-1. The number of benzene rings is 2. The van der Waals surface area contributed by atoms with Crippen molar-refractivity contribution in [2.75, 3.05) is 5.32 Å². The summed E-state index contributed by atoms with van der Waals surface area (Å²) in [6.45, 7) is 0. The zero-order valence-electron chi connectivity index (χ0n) is 11.3. The lowest BCUT2D eigenvalue weighted by atomic mass is 10.1. The van der Waals surface area contributed by atoms with E-state index in [2.05, 4.69) is 5.32 Å². The predicted octanol–water partition coefficient (Wildman–Crippen LogP) is 2.27. The van der Waals surface area contributed by atoms with Crippen LogP contribution in [0.15, 0.2) is 36.4 Å². The summed E-state index contributed by atoms with van der Waals surface area (Å²) in [4.78, 5) is 33.3. The molecule has 2 aromatic rings. The molecule has 118 valence electrons. The Kier molecular flexibility index (Phi) is 4.47. The Hall–Kier alpha value is -3.13. The van der Waals surface area contributed by atoms with Crippen molar-refractivity contribution in [1.82, 2.24) is 0 Å². The maximum Gasteiger partial charge on any atom is 0.337 e. The molecule has 2 N–H and O–H groups in total. The first kappa shape index (κ1) is 16.2. The lowest BCUT2D eigenvalue weighted by molar-refractivity contribution is -0.384. The van der Waals surface area contributed by atoms with Gasteiger partial charge in [0.25, 0.3) is 11.6 Å². The van der Waals surface area contributed by atoms with Crippen LogP contribution in [0.25, 0.3) is 0 Å². The van der Waals surface area contributed by atoms with Gasteiger partial charge in [0, 0.05) is 11.6 Å². The van der Waals surface area contributed by atoms with E-state index in [1.54, 1.807) is 0 Å². The van der Waals surface area contributed by atoms with Crippen molar-refractivity contribution in [3.63, 3.8) is 0 Å². The lowest BCUT2D eigenvalue weighted by Crippen LogP contribution is -2.15. The van der Waals surface area contributed by atoms with Crippen LogP contribution in [0, 0.1) is 10.1 Å². The van der Waals surface area contributed by atoms with E-state index >= 15 is 0 Å². The van der Waals surface area contributed by atoms with Gasteiger partial charge in [-0.25, -0.2) is 4.79 Å². The summed E-state index contributed by atoms with van der Waals surface area (Å²) >= 11 is 5.65. The summed E-state index contributed by atoms with van der Waals surface area (Å²) in [7, 11) is 0. The smallest absolute Gasteiger partial charge is 0.337 e. The molecular weight excluding hydrogens is 328 g/mol. The highest BCUT2D eigenvalue weighted by molar-refractivity contribution is 6.32. The quantitative estimate of drug-likeness (QED) is 0.650. The van der Waals surface area contributed by atoms with Gasteiger partial charge in [-0.1, -0.05) is 23.7 Å². The van der Waals surface area contributed by atoms with Gasteiger partial charge in [-0.05, 0) is 18.2 Å². The summed E-state index contributed by atoms with van der Waals surface area (Å²) in [5.41, 5.74) is -1.01. The molecule has 0 radical (unpaired) electrons. The highest BCUT2D eigenvalue weighted by atomic mass is 35.5. The van der Waals surface area contributed by atoms with Crippen LogP contribution in [0.3, 0.4) is 0 Å². The first-order chi connectivity index (χ1) is 10.8. The maximum atomic E-state index is 12.1. The predicted molar refractivity (Wildman–Crippen MR) is 78.9 cm³/mol. The van der Waals surface area contributed by atoms with E-state index in [4.69, 9.17) is 16.7 Å². The number of nitro groups is 1. The highest BCUT2D eigenvalue weighted by Crippen LogP contribution is 2.26. The molecule has 9 heteroatoms. The van der Waals surface area contributed by atoms with E-state index in [-0.39, 0.29) is 21.8 Å². The number of rotatable bonds is 4. The number of hydrogen-bond acceptors (Lipinski definition) is 5. The summed E-state index contributed by atoms with van der Waals surface area (Å²) in [5.74, 6) is -2.69. The third kappa shape index (κ3) is 3.55. The molecule has 0 heterocycles. The molecule has 2 aromatic carbocycles. The second-order valence-electron chi connectivity index (χ2n) is 4.39. The molecule has 0 aliphatic rings. The van der Waals surface area contributed by atoms with E-state index < -0.39 is 28.2 Å². The van der Waals surface area contributed by atoms with Crippen molar-refractivity contribution in [2.45, 2.75) is 0 Å². The minimum atomic E-state index is -1.39. The topological polar surface area (TPSA) is 133 Å². The zero-order chi connectivity index (χ0) is 17.1. The Bertz CT molecular complexity index is 821. The van der Waals surface area contributed by atoms with Gasteiger partial charge in [-0.15, -0.1) is 5.75 Å². The van der Waals surface area contributed by atoms with E-state index in [1.807, 2.05) is 0 Å². The van der Waals surface area contributed by atoms with E-state index in [9.17, 15) is 24.8 Å². The third-order valence-electron chi connectivity index (χ3n) is 2.87. The molecule has 0 bridgehead atoms. The molecule has 2 rings (SSSR count). The largest absolute Gasteiger partial charge is 0.872 e. The van der Waals surface area contributed by atoms with Gasteiger partial charge in [-0.2, -0.15) is 0 Å².